The standard InChI is InChI=1S/C20H27F2N3O5/c1-9(25(5)19(28)30-20(2,3)4)17(26)24-16-14(22)12-8-10(18(27)29-6)7-11(12)13(21)15(16)23/h9-10H,7-8,23H2,1-6H3,(H,24,26). The Hall–Kier alpha value is -2.91. The second-order valence-electron chi connectivity index (χ2n) is 8.26. The zero-order valence-corrected chi connectivity index (χ0v) is 17.9. The number of nitrogens with two attached hydrogens (primary N) is 1. The minimum absolute atomic E-state index is 0.00248. The van der Waals surface area contributed by atoms with Crippen molar-refractivity contribution in [1.82, 2.24) is 4.90 Å². The van der Waals surface area contributed by atoms with E-state index in [1.807, 2.05) is 0 Å². The van der Waals surface area contributed by atoms with Crippen molar-refractivity contribution in [3.8, 4) is 0 Å². The van der Waals surface area contributed by atoms with E-state index in [1.165, 1.54) is 21.1 Å². The highest BCUT2D eigenvalue weighted by Crippen LogP contribution is 2.39. The number of nitrogens with zero attached hydrogens (tertiary/aromatic N) is 1. The van der Waals surface area contributed by atoms with Crippen LogP contribution in [0.15, 0.2) is 0 Å². The molecular formula is C20H27F2N3O5. The van der Waals surface area contributed by atoms with E-state index in [0.29, 0.717) is 0 Å². The van der Waals surface area contributed by atoms with E-state index in [0.717, 1.165) is 4.90 Å². The minimum atomic E-state index is -1.06. The van der Waals surface area contributed by atoms with Crippen molar-refractivity contribution in [2.75, 3.05) is 25.2 Å². The number of hydrogen-bond donors (Lipinski definition) is 2. The van der Waals surface area contributed by atoms with Crippen LogP contribution in [0.4, 0.5) is 25.0 Å². The van der Waals surface area contributed by atoms with Crippen LogP contribution in [0, 0.1) is 17.6 Å². The number of halogens is 2. The number of anilines is 2. The van der Waals surface area contributed by atoms with Crippen LogP contribution in [0.1, 0.15) is 38.8 Å². The van der Waals surface area contributed by atoms with Crippen LogP contribution in [0.25, 0.3) is 0 Å². The van der Waals surface area contributed by atoms with Gasteiger partial charge in [-0.25, -0.2) is 13.6 Å². The van der Waals surface area contributed by atoms with E-state index in [1.54, 1.807) is 20.8 Å². The van der Waals surface area contributed by atoms with Gasteiger partial charge in [-0.1, -0.05) is 0 Å². The number of ether oxygens (including phenoxy) is 2. The average Bonchev–Trinajstić information content (AvgIpc) is 3.12. The van der Waals surface area contributed by atoms with Gasteiger partial charge in [0.15, 0.2) is 11.6 Å². The predicted molar refractivity (Wildman–Crippen MR) is 106 cm³/mol. The van der Waals surface area contributed by atoms with Crippen molar-refractivity contribution >= 4 is 29.3 Å². The highest BCUT2D eigenvalue weighted by molar-refractivity contribution is 5.99. The Bertz CT molecular complexity index is 882. The van der Waals surface area contributed by atoms with Gasteiger partial charge >= 0.3 is 12.1 Å². The number of carbonyl (C=O) groups is 3. The maximum absolute atomic E-state index is 15.0. The van der Waals surface area contributed by atoms with Crippen molar-refractivity contribution in [2.45, 2.75) is 52.2 Å². The molecule has 0 radical (unpaired) electrons. The molecule has 30 heavy (non-hydrogen) atoms. The second kappa shape index (κ2) is 8.45. The number of esters is 1. The first-order chi connectivity index (χ1) is 13.8. The molecule has 1 aliphatic carbocycles. The summed E-state index contributed by atoms with van der Waals surface area (Å²) in [4.78, 5) is 37.5. The molecule has 2 atom stereocenters. The Labute approximate surface area is 173 Å². The SMILES string of the molecule is COC(=O)C1Cc2c(F)c(N)c(NC(=O)C(C)N(C)C(=O)OC(C)(C)C)c(F)c2C1. The zero-order chi connectivity index (χ0) is 23.0. The van der Waals surface area contributed by atoms with Gasteiger partial charge in [-0.05, 0) is 51.7 Å². The maximum Gasteiger partial charge on any atom is 0.410 e. The molecular weight excluding hydrogens is 400 g/mol. The molecule has 2 unspecified atom stereocenters. The van der Waals surface area contributed by atoms with E-state index >= 15 is 4.39 Å². The molecule has 10 heteroatoms. The monoisotopic (exact) mass is 427 g/mol. The number of nitrogens with one attached hydrogen (secondary N) is 1. The zero-order valence-electron chi connectivity index (χ0n) is 17.9. The van der Waals surface area contributed by atoms with Crippen LogP contribution in [0.2, 0.25) is 0 Å². The van der Waals surface area contributed by atoms with E-state index in [9.17, 15) is 18.8 Å². The van der Waals surface area contributed by atoms with Crippen LogP contribution in [0.3, 0.4) is 0 Å². The van der Waals surface area contributed by atoms with E-state index in [-0.39, 0.29) is 24.0 Å². The van der Waals surface area contributed by atoms with Crippen molar-refractivity contribution in [3.63, 3.8) is 0 Å². The van der Waals surface area contributed by atoms with Crippen molar-refractivity contribution < 1.29 is 32.6 Å². The van der Waals surface area contributed by atoms with Crippen molar-refractivity contribution in [2.24, 2.45) is 5.92 Å². The molecule has 2 amide bonds. The smallest absolute Gasteiger partial charge is 0.410 e. The summed E-state index contributed by atoms with van der Waals surface area (Å²) in [6.45, 7) is 6.43. The molecule has 0 saturated heterocycles. The van der Waals surface area contributed by atoms with E-state index in [2.05, 4.69) is 10.1 Å². The fourth-order valence-corrected chi connectivity index (χ4v) is 3.15. The molecule has 0 saturated carbocycles. The summed E-state index contributed by atoms with van der Waals surface area (Å²) in [5.74, 6) is -3.88. The van der Waals surface area contributed by atoms with E-state index in [4.69, 9.17) is 10.5 Å². The highest BCUT2D eigenvalue weighted by atomic mass is 19.1. The van der Waals surface area contributed by atoms with Crippen LogP contribution in [-0.4, -0.2) is 48.7 Å². The van der Waals surface area contributed by atoms with Gasteiger partial charge in [0.05, 0.1) is 18.7 Å². The average molecular weight is 427 g/mol. The molecule has 0 bridgehead atoms. The lowest BCUT2D eigenvalue weighted by atomic mass is 10.1. The predicted octanol–water partition coefficient (Wildman–Crippen LogP) is 2.63. The molecule has 1 aliphatic rings. The number of hydrogen-bond acceptors (Lipinski definition) is 6. The third kappa shape index (κ3) is 4.63. The summed E-state index contributed by atoms with van der Waals surface area (Å²) in [6.07, 6.45) is -0.859. The van der Waals surface area contributed by atoms with Crippen LogP contribution >= 0.6 is 0 Å². The number of rotatable bonds is 4. The summed E-state index contributed by atoms with van der Waals surface area (Å²) in [5.41, 5.74) is 3.84. The van der Waals surface area contributed by atoms with Crippen LogP contribution in [0.5, 0.6) is 0 Å². The number of amides is 2. The Kier molecular flexibility index (Phi) is 6.58. The largest absolute Gasteiger partial charge is 0.469 e. The fraction of sp³-hybridized carbons (Fsp3) is 0.550. The Balaban J connectivity index is 2.25. The normalized spacial score (nSPS) is 16.5. The second-order valence-corrected chi connectivity index (χ2v) is 8.26. The first kappa shape index (κ1) is 23.4. The van der Waals surface area contributed by atoms with Gasteiger partial charge in [0, 0.05) is 7.05 Å². The minimum Gasteiger partial charge on any atom is -0.469 e. The molecule has 1 aromatic rings. The highest BCUT2D eigenvalue weighted by Gasteiger charge is 2.36. The van der Waals surface area contributed by atoms with Crippen LogP contribution in [-0.2, 0) is 31.9 Å². The number of nitrogen functional groups attached to an aromatic ring is 1. The van der Waals surface area contributed by atoms with Gasteiger partial charge in [0.1, 0.15) is 17.3 Å². The van der Waals surface area contributed by atoms with Crippen molar-refractivity contribution in [3.05, 3.63) is 22.8 Å². The first-order valence-corrected chi connectivity index (χ1v) is 9.41. The molecule has 166 valence electrons. The third-order valence-corrected chi connectivity index (χ3v) is 4.95. The summed E-state index contributed by atoms with van der Waals surface area (Å²) < 4.78 is 39.6. The van der Waals surface area contributed by atoms with Gasteiger partial charge < -0.3 is 20.5 Å². The molecule has 1 aromatic carbocycles. The molecule has 3 N–H and O–H groups in total. The lowest BCUT2D eigenvalue weighted by Crippen LogP contribution is -2.45. The lowest BCUT2D eigenvalue weighted by molar-refractivity contribution is -0.145. The molecule has 0 aliphatic heterocycles. The van der Waals surface area contributed by atoms with Crippen LogP contribution < -0.4 is 11.1 Å². The lowest BCUT2D eigenvalue weighted by Gasteiger charge is -2.28. The molecule has 0 spiro atoms. The van der Waals surface area contributed by atoms with Gasteiger partial charge in [0.25, 0.3) is 0 Å². The summed E-state index contributed by atoms with van der Waals surface area (Å²) in [7, 11) is 2.54. The maximum atomic E-state index is 15.0. The van der Waals surface area contributed by atoms with E-state index < -0.39 is 58.5 Å². The quantitative estimate of drug-likeness (QED) is 0.565. The van der Waals surface area contributed by atoms with Gasteiger partial charge in [-0.15, -0.1) is 0 Å². The van der Waals surface area contributed by atoms with Gasteiger partial charge in [-0.2, -0.15) is 0 Å². The van der Waals surface area contributed by atoms with Gasteiger partial charge in [0.2, 0.25) is 5.91 Å². The topological polar surface area (TPSA) is 111 Å². The Morgan fingerprint density at radius 3 is 2.20 bits per heavy atom. The third-order valence-electron chi connectivity index (χ3n) is 4.95. The summed E-state index contributed by atoms with van der Waals surface area (Å²) >= 11 is 0. The molecule has 2 rings (SSSR count). The molecule has 0 heterocycles. The number of benzene rings is 1. The first-order valence-electron chi connectivity index (χ1n) is 9.41. The fourth-order valence-electron chi connectivity index (χ4n) is 3.15. The molecule has 0 aromatic heterocycles. The Morgan fingerprint density at radius 1 is 1.17 bits per heavy atom. The number of carbonyl (C=O) groups excluding carboxylic acids is 3. The summed E-state index contributed by atoms with van der Waals surface area (Å²) in [6, 6.07) is -1.06. The number of likely N-dealkylation sites (N-methyl/N-ethyl adjacent to an activating group) is 1. The number of fused-ring (bicyclic) bond motifs is 1. The van der Waals surface area contributed by atoms with Crippen molar-refractivity contribution in [1.29, 1.82) is 0 Å². The number of methoxy groups -OCH3 is 1. The summed E-state index contributed by atoms with van der Waals surface area (Å²) in [5, 5.41) is 2.26. The van der Waals surface area contributed by atoms with Gasteiger partial charge in [-0.3, -0.25) is 14.5 Å². The Morgan fingerprint density at radius 2 is 1.70 bits per heavy atom. The molecule has 0 fully saturated rings. The molecule has 8 nitrogen and oxygen atoms in total.